The van der Waals surface area contributed by atoms with Crippen molar-refractivity contribution in [1.82, 2.24) is 10.1 Å². The predicted molar refractivity (Wildman–Crippen MR) is 86.8 cm³/mol. The molecule has 2 aromatic rings. The molecule has 0 fully saturated rings. The number of carbonyl (C=O) groups excluding carboxylic acids is 2. The molecule has 0 saturated heterocycles. The lowest BCUT2D eigenvalue weighted by Gasteiger charge is -2.18. The molecular formula is C16H18N4O5. The van der Waals surface area contributed by atoms with E-state index in [1.54, 1.807) is 48.5 Å². The van der Waals surface area contributed by atoms with Gasteiger partial charge in [0, 0.05) is 11.1 Å². The zero-order valence-corrected chi connectivity index (χ0v) is 13.2. The van der Waals surface area contributed by atoms with Crippen LogP contribution < -0.4 is 16.2 Å². The number of para-hydroxylation sites is 2. The van der Waals surface area contributed by atoms with E-state index < -0.39 is 12.1 Å². The SMILES string of the molecule is NC(=O)N(O)Cc1ccccc1Oc1ccccc1CN(O)C(N)=O. The molecule has 0 aromatic heterocycles. The minimum atomic E-state index is -0.993. The van der Waals surface area contributed by atoms with E-state index in [0.29, 0.717) is 32.8 Å². The lowest BCUT2D eigenvalue weighted by Crippen LogP contribution is -2.32. The van der Waals surface area contributed by atoms with E-state index in [-0.39, 0.29) is 13.1 Å². The number of urea groups is 2. The zero-order valence-electron chi connectivity index (χ0n) is 13.2. The number of nitrogens with zero attached hydrogens (tertiary/aromatic N) is 2. The molecule has 4 amide bonds. The van der Waals surface area contributed by atoms with Gasteiger partial charge >= 0.3 is 12.1 Å². The summed E-state index contributed by atoms with van der Waals surface area (Å²) in [7, 11) is 0. The van der Waals surface area contributed by atoms with Crippen molar-refractivity contribution in [3.8, 4) is 11.5 Å². The second-order valence-electron chi connectivity index (χ2n) is 5.11. The highest BCUT2D eigenvalue weighted by atomic mass is 16.5. The molecule has 0 aliphatic rings. The first-order valence-electron chi connectivity index (χ1n) is 7.24. The highest BCUT2D eigenvalue weighted by molar-refractivity contribution is 5.71. The van der Waals surface area contributed by atoms with Crippen LogP contribution in [0.5, 0.6) is 11.5 Å². The molecule has 0 bridgehead atoms. The van der Waals surface area contributed by atoms with E-state index in [0.717, 1.165) is 0 Å². The van der Waals surface area contributed by atoms with Crippen LogP contribution in [0.3, 0.4) is 0 Å². The summed E-state index contributed by atoms with van der Waals surface area (Å²) < 4.78 is 5.82. The first-order chi connectivity index (χ1) is 11.9. The van der Waals surface area contributed by atoms with Crippen molar-refractivity contribution < 1.29 is 24.7 Å². The first kappa shape index (κ1) is 18.0. The summed E-state index contributed by atoms with van der Waals surface area (Å²) in [6, 6.07) is 11.5. The van der Waals surface area contributed by atoms with Gasteiger partial charge in [0.25, 0.3) is 0 Å². The van der Waals surface area contributed by atoms with Gasteiger partial charge in [-0.2, -0.15) is 0 Å². The van der Waals surface area contributed by atoms with E-state index in [1.807, 2.05) is 0 Å². The van der Waals surface area contributed by atoms with Crippen LogP contribution in [0.2, 0.25) is 0 Å². The maximum absolute atomic E-state index is 11.0. The third-order valence-corrected chi connectivity index (χ3v) is 3.31. The number of ether oxygens (including phenoxy) is 1. The number of primary amides is 2. The number of amides is 4. The molecule has 25 heavy (non-hydrogen) atoms. The molecule has 0 unspecified atom stereocenters. The normalized spacial score (nSPS) is 10.2. The Morgan fingerprint density at radius 1 is 0.800 bits per heavy atom. The number of hydroxylamine groups is 4. The second kappa shape index (κ2) is 7.99. The zero-order chi connectivity index (χ0) is 18.4. The average molecular weight is 346 g/mol. The molecule has 6 N–H and O–H groups in total. The van der Waals surface area contributed by atoms with Crippen molar-refractivity contribution >= 4 is 12.1 Å². The Bertz CT molecular complexity index is 704. The van der Waals surface area contributed by atoms with Crippen LogP contribution in [0, 0.1) is 0 Å². The van der Waals surface area contributed by atoms with E-state index >= 15 is 0 Å². The van der Waals surface area contributed by atoms with Gasteiger partial charge in [-0.1, -0.05) is 36.4 Å². The molecule has 132 valence electrons. The highest BCUT2D eigenvalue weighted by Crippen LogP contribution is 2.29. The van der Waals surface area contributed by atoms with Crippen molar-refractivity contribution in [3.05, 3.63) is 59.7 Å². The molecule has 9 nitrogen and oxygen atoms in total. The van der Waals surface area contributed by atoms with Crippen LogP contribution in [0.4, 0.5) is 9.59 Å². The Kier molecular flexibility index (Phi) is 5.77. The van der Waals surface area contributed by atoms with Crippen LogP contribution in [0.1, 0.15) is 11.1 Å². The summed E-state index contributed by atoms with van der Waals surface area (Å²) >= 11 is 0. The largest absolute Gasteiger partial charge is 0.457 e. The summed E-state index contributed by atoms with van der Waals surface area (Å²) in [5.74, 6) is 0.748. The summed E-state index contributed by atoms with van der Waals surface area (Å²) in [4.78, 5) is 22.0. The Balaban J connectivity index is 2.26. The summed E-state index contributed by atoms with van der Waals surface area (Å²) in [6.07, 6.45) is 0. The molecule has 0 heterocycles. The third kappa shape index (κ3) is 4.83. The smallest absolute Gasteiger partial charge is 0.338 e. The molecule has 0 aliphatic heterocycles. The number of hydrogen-bond donors (Lipinski definition) is 4. The second-order valence-corrected chi connectivity index (χ2v) is 5.11. The van der Waals surface area contributed by atoms with Crippen molar-refractivity contribution in [1.29, 1.82) is 0 Å². The molecule has 2 rings (SSSR count). The summed E-state index contributed by atoms with van der Waals surface area (Å²) in [5, 5.41) is 19.7. The minimum absolute atomic E-state index is 0.166. The third-order valence-electron chi connectivity index (χ3n) is 3.31. The standard InChI is InChI=1S/C16H18N4O5/c17-15(21)19(23)9-11-5-1-3-7-13(11)25-14-8-4-2-6-12(14)10-20(24)16(18)22/h1-8,23-24H,9-10H2,(H2,17,21)(H2,18,22). The molecule has 0 atom stereocenters. The maximum atomic E-state index is 11.0. The monoisotopic (exact) mass is 346 g/mol. The summed E-state index contributed by atoms with van der Waals surface area (Å²) in [6.45, 7) is -0.331. The van der Waals surface area contributed by atoms with Gasteiger partial charge in [0.05, 0.1) is 13.1 Å². The molecule has 0 aliphatic carbocycles. The fourth-order valence-electron chi connectivity index (χ4n) is 2.07. The van der Waals surface area contributed by atoms with Crippen molar-refractivity contribution in [2.24, 2.45) is 11.5 Å². The van der Waals surface area contributed by atoms with E-state index in [2.05, 4.69) is 0 Å². The van der Waals surface area contributed by atoms with Gasteiger partial charge < -0.3 is 16.2 Å². The number of rotatable bonds is 6. The van der Waals surface area contributed by atoms with Crippen LogP contribution in [0.15, 0.2) is 48.5 Å². The van der Waals surface area contributed by atoms with Crippen molar-refractivity contribution in [2.75, 3.05) is 0 Å². The van der Waals surface area contributed by atoms with Gasteiger partial charge in [-0.15, -0.1) is 0 Å². The molecule has 0 radical (unpaired) electrons. The first-order valence-corrected chi connectivity index (χ1v) is 7.24. The fourth-order valence-corrected chi connectivity index (χ4v) is 2.07. The number of hydrogen-bond acceptors (Lipinski definition) is 5. The quantitative estimate of drug-likeness (QED) is 0.467. The lowest BCUT2D eigenvalue weighted by atomic mass is 10.1. The fraction of sp³-hybridized carbons (Fsp3) is 0.125. The van der Waals surface area contributed by atoms with Crippen LogP contribution in [-0.4, -0.2) is 32.6 Å². The van der Waals surface area contributed by atoms with Gasteiger partial charge in [0.1, 0.15) is 11.5 Å². The Morgan fingerprint density at radius 2 is 1.16 bits per heavy atom. The van der Waals surface area contributed by atoms with Crippen LogP contribution in [0.25, 0.3) is 0 Å². The minimum Gasteiger partial charge on any atom is -0.457 e. The van der Waals surface area contributed by atoms with E-state index in [1.165, 1.54) is 0 Å². The van der Waals surface area contributed by atoms with Crippen LogP contribution in [-0.2, 0) is 13.1 Å². The topological polar surface area (TPSA) is 142 Å². The van der Waals surface area contributed by atoms with Gasteiger partial charge in [0.2, 0.25) is 0 Å². The van der Waals surface area contributed by atoms with Crippen LogP contribution >= 0.6 is 0 Å². The average Bonchev–Trinajstić information content (AvgIpc) is 2.58. The molecule has 0 spiro atoms. The van der Waals surface area contributed by atoms with Crippen molar-refractivity contribution in [2.45, 2.75) is 13.1 Å². The number of benzene rings is 2. The highest BCUT2D eigenvalue weighted by Gasteiger charge is 2.14. The lowest BCUT2D eigenvalue weighted by molar-refractivity contribution is -0.0479. The predicted octanol–water partition coefficient (Wildman–Crippen LogP) is 2.02. The van der Waals surface area contributed by atoms with E-state index in [4.69, 9.17) is 16.2 Å². The van der Waals surface area contributed by atoms with E-state index in [9.17, 15) is 20.0 Å². The molecule has 0 saturated carbocycles. The van der Waals surface area contributed by atoms with Gasteiger partial charge in [0.15, 0.2) is 0 Å². The maximum Gasteiger partial charge on any atom is 0.338 e. The van der Waals surface area contributed by atoms with Crippen molar-refractivity contribution in [3.63, 3.8) is 0 Å². The number of carbonyl (C=O) groups is 2. The van der Waals surface area contributed by atoms with Gasteiger partial charge in [-0.05, 0) is 12.1 Å². The summed E-state index contributed by atoms with van der Waals surface area (Å²) in [5.41, 5.74) is 11.0. The Labute approximate surface area is 143 Å². The molecular weight excluding hydrogens is 328 g/mol. The Hall–Kier alpha value is -3.30. The Morgan fingerprint density at radius 3 is 1.52 bits per heavy atom. The van der Waals surface area contributed by atoms with Gasteiger partial charge in [-0.25, -0.2) is 19.7 Å². The number of nitrogens with two attached hydrogens (primary N) is 2. The van der Waals surface area contributed by atoms with Gasteiger partial charge in [-0.3, -0.25) is 10.4 Å². The molecule has 2 aromatic carbocycles. The molecule has 9 heteroatoms.